The zero-order valence-electron chi connectivity index (χ0n) is 11.8. The van der Waals surface area contributed by atoms with E-state index in [-0.39, 0.29) is 5.56 Å². The number of benzene rings is 1. The van der Waals surface area contributed by atoms with Gasteiger partial charge in [0.2, 0.25) is 5.91 Å². The lowest BCUT2D eigenvalue weighted by molar-refractivity contribution is -0.117. The Hall–Kier alpha value is -1.53. The third-order valence-electron chi connectivity index (χ3n) is 3.01. The van der Waals surface area contributed by atoms with Crippen LogP contribution >= 0.6 is 23.4 Å². The number of halogens is 1. The van der Waals surface area contributed by atoms with Crippen LogP contribution in [0.15, 0.2) is 28.2 Å². The monoisotopic (exact) mass is 325 g/mol. The maximum atomic E-state index is 12.6. The molecule has 1 aromatic carbocycles. The van der Waals surface area contributed by atoms with Crippen molar-refractivity contribution >= 4 is 40.2 Å². The first-order valence-corrected chi connectivity index (χ1v) is 7.86. The first kappa shape index (κ1) is 15.9. The van der Waals surface area contributed by atoms with Crippen molar-refractivity contribution in [3.05, 3.63) is 33.6 Å². The van der Waals surface area contributed by atoms with Gasteiger partial charge in [-0.3, -0.25) is 14.2 Å². The van der Waals surface area contributed by atoms with Crippen LogP contribution < -0.4 is 11.3 Å². The van der Waals surface area contributed by atoms with Gasteiger partial charge in [-0.2, -0.15) is 0 Å². The standard InChI is InChI=1S/C14H16ClN3O2S/c1-3-6-18-13(20)10-5-4-9(15)7-11(10)17-14(18)21-8(2)12(16)19/h4-5,7-8H,3,6H2,1-2H3,(H2,16,19). The molecule has 5 nitrogen and oxygen atoms in total. The van der Waals surface area contributed by atoms with Crippen LogP contribution in [0.1, 0.15) is 20.3 Å². The van der Waals surface area contributed by atoms with E-state index in [0.29, 0.717) is 27.6 Å². The Bertz CT molecular complexity index is 745. The number of amides is 1. The van der Waals surface area contributed by atoms with Crippen LogP contribution in [0.3, 0.4) is 0 Å². The SMILES string of the molecule is CCCn1c(SC(C)C(N)=O)nc2cc(Cl)ccc2c1=O. The third kappa shape index (κ3) is 3.39. The van der Waals surface area contributed by atoms with E-state index in [1.807, 2.05) is 6.92 Å². The first-order chi connectivity index (χ1) is 9.93. The van der Waals surface area contributed by atoms with Crippen molar-refractivity contribution in [2.24, 2.45) is 5.73 Å². The Kier molecular flexibility index (Phi) is 4.90. The Morgan fingerprint density at radius 1 is 1.52 bits per heavy atom. The predicted octanol–water partition coefficient (Wildman–Crippen LogP) is 2.43. The number of fused-ring (bicyclic) bond motifs is 1. The predicted molar refractivity (Wildman–Crippen MR) is 85.8 cm³/mol. The van der Waals surface area contributed by atoms with E-state index in [2.05, 4.69) is 4.98 Å². The molecule has 1 aromatic heterocycles. The van der Waals surface area contributed by atoms with Crippen molar-refractivity contribution < 1.29 is 4.79 Å². The van der Waals surface area contributed by atoms with E-state index in [4.69, 9.17) is 17.3 Å². The minimum atomic E-state index is -0.461. The van der Waals surface area contributed by atoms with Crippen molar-refractivity contribution in [2.75, 3.05) is 0 Å². The number of hydrogen-bond donors (Lipinski definition) is 1. The van der Waals surface area contributed by atoms with E-state index in [1.54, 1.807) is 29.7 Å². The summed E-state index contributed by atoms with van der Waals surface area (Å²) in [5.74, 6) is -0.441. The summed E-state index contributed by atoms with van der Waals surface area (Å²) in [6, 6.07) is 4.99. The van der Waals surface area contributed by atoms with Crippen LogP contribution in [0, 0.1) is 0 Å². The Morgan fingerprint density at radius 3 is 2.86 bits per heavy atom. The van der Waals surface area contributed by atoms with E-state index >= 15 is 0 Å². The maximum Gasteiger partial charge on any atom is 0.262 e. The summed E-state index contributed by atoms with van der Waals surface area (Å²) in [4.78, 5) is 28.3. The second-order valence-electron chi connectivity index (χ2n) is 4.68. The lowest BCUT2D eigenvalue weighted by Crippen LogP contribution is -2.27. The molecule has 1 amide bonds. The van der Waals surface area contributed by atoms with E-state index in [0.717, 1.165) is 6.42 Å². The minimum Gasteiger partial charge on any atom is -0.369 e. The lowest BCUT2D eigenvalue weighted by Gasteiger charge is -2.14. The highest BCUT2D eigenvalue weighted by Crippen LogP contribution is 2.23. The van der Waals surface area contributed by atoms with Crippen LogP contribution in [-0.4, -0.2) is 20.7 Å². The lowest BCUT2D eigenvalue weighted by atomic mass is 10.2. The summed E-state index contributed by atoms with van der Waals surface area (Å²) in [5, 5.41) is 1.06. The molecule has 2 aromatic rings. The van der Waals surface area contributed by atoms with Crippen LogP contribution in [0.2, 0.25) is 5.02 Å². The van der Waals surface area contributed by atoms with Gasteiger partial charge in [0.1, 0.15) is 0 Å². The van der Waals surface area contributed by atoms with Crippen LogP contribution in [-0.2, 0) is 11.3 Å². The maximum absolute atomic E-state index is 12.6. The number of aromatic nitrogens is 2. The molecule has 112 valence electrons. The summed E-state index contributed by atoms with van der Waals surface area (Å²) in [6.45, 7) is 4.21. The van der Waals surface area contributed by atoms with Crippen molar-refractivity contribution in [1.82, 2.24) is 9.55 Å². The van der Waals surface area contributed by atoms with Crippen molar-refractivity contribution in [3.63, 3.8) is 0 Å². The smallest absolute Gasteiger partial charge is 0.262 e. The summed E-state index contributed by atoms with van der Waals surface area (Å²) >= 11 is 7.14. The molecule has 21 heavy (non-hydrogen) atoms. The minimum absolute atomic E-state index is 0.127. The van der Waals surface area contributed by atoms with Gasteiger partial charge in [0, 0.05) is 11.6 Å². The summed E-state index contributed by atoms with van der Waals surface area (Å²) in [6.07, 6.45) is 0.791. The highest BCUT2D eigenvalue weighted by Gasteiger charge is 2.17. The van der Waals surface area contributed by atoms with Gasteiger partial charge in [-0.05, 0) is 31.5 Å². The molecule has 7 heteroatoms. The van der Waals surface area contributed by atoms with Crippen LogP contribution in [0.5, 0.6) is 0 Å². The molecule has 2 N–H and O–H groups in total. The molecule has 0 spiro atoms. The van der Waals surface area contributed by atoms with Gasteiger partial charge < -0.3 is 5.73 Å². The van der Waals surface area contributed by atoms with E-state index < -0.39 is 11.2 Å². The fraction of sp³-hybridized carbons (Fsp3) is 0.357. The largest absolute Gasteiger partial charge is 0.369 e. The fourth-order valence-corrected chi connectivity index (χ4v) is 2.95. The second kappa shape index (κ2) is 6.49. The van der Waals surface area contributed by atoms with Gasteiger partial charge in [-0.1, -0.05) is 30.3 Å². The number of nitrogens with two attached hydrogens (primary N) is 1. The number of hydrogen-bond acceptors (Lipinski definition) is 4. The third-order valence-corrected chi connectivity index (χ3v) is 4.36. The number of carbonyl (C=O) groups excluding carboxylic acids is 1. The summed E-state index contributed by atoms with van der Waals surface area (Å²) in [5.41, 5.74) is 5.69. The van der Waals surface area contributed by atoms with Crippen LogP contribution in [0.4, 0.5) is 0 Å². The number of rotatable bonds is 5. The molecule has 1 heterocycles. The van der Waals surface area contributed by atoms with E-state index in [1.165, 1.54) is 11.8 Å². The van der Waals surface area contributed by atoms with Crippen molar-refractivity contribution in [1.29, 1.82) is 0 Å². The second-order valence-corrected chi connectivity index (χ2v) is 6.42. The number of primary amides is 1. The summed E-state index contributed by atoms with van der Waals surface area (Å²) in [7, 11) is 0. The number of thioether (sulfide) groups is 1. The zero-order valence-corrected chi connectivity index (χ0v) is 13.4. The Morgan fingerprint density at radius 2 is 2.24 bits per heavy atom. The van der Waals surface area contributed by atoms with Gasteiger partial charge >= 0.3 is 0 Å². The Balaban J connectivity index is 2.63. The highest BCUT2D eigenvalue weighted by atomic mass is 35.5. The quantitative estimate of drug-likeness (QED) is 0.676. The summed E-state index contributed by atoms with van der Waals surface area (Å²) < 4.78 is 1.58. The fourth-order valence-electron chi connectivity index (χ4n) is 1.90. The van der Waals surface area contributed by atoms with Gasteiger partial charge in [-0.15, -0.1) is 0 Å². The van der Waals surface area contributed by atoms with Crippen molar-refractivity contribution in [3.8, 4) is 0 Å². The number of nitrogens with zero attached hydrogens (tertiary/aromatic N) is 2. The first-order valence-electron chi connectivity index (χ1n) is 6.60. The molecule has 1 atom stereocenters. The van der Waals surface area contributed by atoms with Crippen molar-refractivity contribution in [2.45, 2.75) is 37.2 Å². The van der Waals surface area contributed by atoms with Gasteiger partial charge in [0.15, 0.2) is 5.16 Å². The average Bonchev–Trinajstić information content (AvgIpc) is 2.42. The molecule has 0 saturated carbocycles. The molecule has 0 aliphatic rings. The highest BCUT2D eigenvalue weighted by molar-refractivity contribution is 8.00. The number of carbonyl (C=O) groups is 1. The molecule has 2 rings (SSSR count). The molecule has 0 radical (unpaired) electrons. The van der Waals surface area contributed by atoms with Gasteiger partial charge in [-0.25, -0.2) is 4.98 Å². The van der Waals surface area contributed by atoms with Gasteiger partial charge in [0.25, 0.3) is 5.56 Å². The molecule has 0 saturated heterocycles. The average molecular weight is 326 g/mol. The molecule has 0 aliphatic heterocycles. The molecule has 1 unspecified atom stereocenters. The van der Waals surface area contributed by atoms with Crippen LogP contribution in [0.25, 0.3) is 10.9 Å². The zero-order chi connectivity index (χ0) is 15.6. The molecular formula is C14H16ClN3O2S. The molecule has 0 aliphatic carbocycles. The topological polar surface area (TPSA) is 78.0 Å². The molecular weight excluding hydrogens is 310 g/mol. The van der Waals surface area contributed by atoms with E-state index in [9.17, 15) is 9.59 Å². The normalized spacial score (nSPS) is 12.5. The Labute approximate surface area is 131 Å². The molecule has 0 bridgehead atoms. The molecule has 0 fully saturated rings. The van der Waals surface area contributed by atoms with Gasteiger partial charge in [0.05, 0.1) is 16.2 Å².